The number of hydrogen-bond donors (Lipinski definition) is 1. The minimum atomic E-state index is -4.03. The molecule has 1 atom stereocenters. The summed E-state index contributed by atoms with van der Waals surface area (Å²) in [5, 5.41) is 0.234. The number of piperazine rings is 1. The molecule has 3 rings (SSSR count). The van der Waals surface area contributed by atoms with E-state index in [2.05, 4.69) is 4.72 Å². The third kappa shape index (κ3) is 5.01. The number of rotatable bonds is 5. The van der Waals surface area contributed by atoms with Crippen LogP contribution in [0.3, 0.4) is 0 Å². The van der Waals surface area contributed by atoms with Crippen molar-refractivity contribution < 1.29 is 17.6 Å². The van der Waals surface area contributed by atoms with Crippen molar-refractivity contribution in [3.05, 3.63) is 58.3 Å². The molecule has 29 heavy (non-hydrogen) atoms. The number of para-hydroxylation sites is 1. The molecule has 2 aromatic rings. The van der Waals surface area contributed by atoms with Gasteiger partial charge in [0.15, 0.2) is 0 Å². The summed E-state index contributed by atoms with van der Waals surface area (Å²) in [7, 11) is -4.03. The van der Waals surface area contributed by atoms with Crippen LogP contribution < -0.4 is 9.62 Å². The molecule has 156 valence electrons. The van der Waals surface area contributed by atoms with E-state index in [0.717, 1.165) is 0 Å². The van der Waals surface area contributed by atoms with Gasteiger partial charge >= 0.3 is 0 Å². The topological polar surface area (TPSA) is 69.7 Å². The van der Waals surface area contributed by atoms with Crippen LogP contribution in [-0.4, -0.2) is 51.4 Å². The molecule has 1 aliphatic rings. The fourth-order valence-corrected chi connectivity index (χ4v) is 5.14. The Kier molecular flexibility index (Phi) is 6.68. The first kappa shape index (κ1) is 21.8. The molecule has 0 saturated carbocycles. The van der Waals surface area contributed by atoms with Crippen molar-refractivity contribution >= 4 is 44.8 Å². The van der Waals surface area contributed by atoms with Gasteiger partial charge in [-0.15, -0.1) is 0 Å². The standard InChI is InChI=1S/C19H20Cl2FN3O3S/c1-13(23-29(27,28)18-12-14(20)6-7-15(18)21)19(26)25-10-8-24(9-11-25)17-5-3-2-4-16(17)22/h2-7,12-13,23H,8-11H2,1H3/t13-/m1/s1. The van der Waals surface area contributed by atoms with E-state index in [-0.39, 0.29) is 26.7 Å². The molecule has 2 aromatic carbocycles. The van der Waals surface area contributed by atoms with Gasteiger partial charge in [-0.2, -0.15) is 4.72 Å². The summed E-state index contributed by atoms with van der Waals surface area (Å²) in [6.07, 6.45) is 0. The summed E-state index contributed by atoms with van der Waals surface area (Å²) in [4.78, 5) is 16.0. The van der Waals surface area contributed by atoms with Crippen LogP contribution in [0.5, 0.6) is 0 Å². The monoisotopic (exact) mass is 459 g/mol. The van der Waals surface area contributed by atoms with E-state index in [1.807, 2.05) is 4.90 Å². The van der Waals surface area contributed by atoms with Gasteiger partial charge in [0, 0.05) is 31.2 Å². The SMILES string of the molecule is C[C@@H](NS(=O)(=O)c1cc(Cl)ccc1Cl)C(=O)N1CCN(c2ccccc2F)CC1. The minimum absolute atomic E-state index is 0.0139. The van der Waals surface area contributed by atoms with Crippen molar-refractivity contribution in [2.24, 2.45) is 0 Å². The quantitative estimate of drug-likeness (QED) is 0.745. The Morgan fingerprint density at radius 1 is 1.10 bits per heavy atom. The summed E-state index contributed by atoms with van der Waals surface area (Å²) in [6.45, 7) is 3.09. The lowest BCUT2D eigenvalue weighted by Gasteiger charge is -2.37. The Balaban J connectivity index is 1.64. The fraction of sp³-hybridized carbons (Fsp3) is 0.316. The van der Waals surface area contributed by atoms with Crippen LogP contribution in [0.25, 0.3) is 0 Å². The average molecular weight is 460 g/mol. The minimum Gasteiger partial charge on any atom is -0.366 e. The zero-order valence-corrected chi connectivity index (χ0v) is 17.9. The van der Waals surface area contributed by atoms with E-state index >= 15 is 0 Å². The maximum absolute atomic E-state index is 13.9. The van der Waals surface area contributed by atoms with E-state index in [9.17, 15) is 17.6 Å². The first-order valence-electron chi connectivity index (χ1n) is 8.94. The highest BCUT2D eigenvalue weighted by Crippen LogP contribution is 2.25. The molecule has 0 radical (unpaired) electrons. The predicted molar refractivity (Wildman–Crippen MR) is 111 cm³/mol. The van der Waals surface area contributed by atoms with E-state index in [4.69, 9.17) is 23.2 Å². The average Bonchev–Trinajstić information content (AvgIpc) is 2.69. The van der Waals surface area contributed by atoms with Crippen molar-refractivity contribution in [1.82, 2.24) is 9.62 Å². The van der Waals surface area contributed by atoms with Crippen LogP contribution in [0.15, 0.2) is 47.4 Å². The third-order valence-electron chi connectivity index (χ3n) is 4.67. The first-order chi connectivity index (χ1) is 13.7. The van der Waals surface area contributed by atoms with Gasteiger partial charge in [0.25, 0.3) is 0 Å². The van der Waals surface area contributed by atoms with E-state index in [0.29, 0.717) is 31.9 Å². The van der Waals surface area contributed by atoms with Crippen LogP contribution in [0.4, 0.5) is 10.1 Å². The molecule has 6 nitrogen and oxygen atoms in total. The molecule has 0 aliphatic carbocycles. The van der Waals surface area contributed by atoms with E-state index < -0.39 is 16.1 Å². The predicted octanol–water partition coefficient (Wildman–Crippen LogP) is 3.15. The summed E-state index contributed by atoms with van der Waals surface area (Å²) in [5.74, 6) is -0.674. The summed E-state index contributed by atoms with van der Waals surface area (Å²) >= 11 is 11.8. The Bertz CT molecular complexity index is 1010. The van der Waals surface area contributed by atoms with Crippen molar-refractivity contribution in [3.8, 4) is 0 Å². The van der Waals surface area contributed by atoms with Gasteiger partial charge in [0.05, 0.1) is 16.8 Å². The van der Waals surface area contributed by atoms with E-state index in [1.165, 1.54) is 31.2 Å². The molecule has 0 aromatic heterocycles. The zero-order valence-electron chi connectivity index (χ0n) is 15.6. The number of nitrogens with one attached hydrogen (secondary N) is 1. The number of halogens is 3. The first-order valence-corrected chi connectivity index (χ1v) is 11.2. The molecule has 0 bridgehead atoms. The van der Waals surface area contributed by atoms with Gasteiger partial charge < -0.3 is 9.80 Å². The Morgan fingerprint density at radius 2 is 1.76 bits per heavy atom. The number of amides is 1. The number of nitrogens with zero attached hydrogens (tertiary/aromatic N) is 2. The summed E-state index contributed by atoms with van der Waals surface area (Å²) in [5.41, 5.74) is 0.490. The molecule has 1 heterocycles. The highest BCUT2D eigenvalue weighted by atomic mass is 35.5. The smallest absolute Gasteiger partial charge is 0.242 e. The number of anilines is 1. The molecule has 0 spiro atoms. The summed E-state index contributed by atoms with van der Waals surface area (Å²) in [6, 6.07) is 9.57. The largest absolute Gasteiger partial charge is 0.366 e. The van der Waals surface area contributed by atoms with Gasteiger partial charge in [-0.3, -0.25) is 4.79 Å². The van der Waals surface area contributed by atoms with Gasteiger partial charge in [-0.05, 0) is 37.3 Å². The van der Waals surface area contributed by atoms with Crippen LogP contribution in [-0.2, 0) is 14.8 Å². The second-order valence-electron chi connectivity index (χ2n) is 6.68. The van der Waals surface area contributed by atoms with Gasteiger partial charge in [-0.25, -0.2) is 12.8 Å². The lowest BCUT2D eigenvalue weighted by Crippen LogP contribution is -2.54. The highest BCUT2D eigenvalue weighted by molar-refractivity contribution is 7.89. The molecular formula is C19H20Cl2FN3O3S. The fourth-order valence-electron chi connectivity index (χ4n) is 3.18. The van der Waals surface area contributed by atoms with Gasteiger partial charge in [0.1, 0.15) is 10.7 Å². The lowest BCUT2D eigenvalue weighted by atomic mass is 10.2. The summed E-state index contributed by atoms with van der Waals surface area (Å²) < 4.78 is 41.5. The van der Waals surface area contributed by atoms with Crippen LogP contribution >= 0.6 is 23.2 Å². The number of carbonyl (C=O) groups is 1. The molecule has 1 amide bonds. The van der Waals surface area contributed by atoms with Gasteiger partial charge in [-0.1, -0.05) is 35.3 Å². The normalized spacial score (nSPS) is 16.0. The zero-order chi connectivity index (χ0) is 21.2. The molecular weight excluding hydrogens is 440 g/mol. The number of carbonyl (C=O) groups excluding carboxylic acids is 1. The Hall–Kier alpha value is -1.87. The second-order valence-corrected chi connectivity index (χ2v) is 9.21. The van der Waals surface area contributed by atoms with E-state index in [1.54, 1.807) is 23.1 Å². The maximum atomic E-state index is 13.9. The molecule has 0 unspecified atom stereocenters. The van der Waals surface area contributed by atoms with Crippen LogP contribution in [0.2, 0.25) is 10.0 Å². The Morgan fingerprint density at radius 3 is 2.41 bits per heavy atom. The van der Waals surface area contributed by atoms with Crippen molar-refractivity contribution in [2.75, 3.05) is 31.1 Å². The second kappa shape index (κ2) is 8.87. The molecule has 1 fully saturated rings. The van der Waals surface area contributed by atoms with Crippen molar-refractivity contribution in [1.29, 1.82) is 0 Å². The van der Waals surface area contributed by atoms with Crippen molar-refractivity contribution in [3.63, 3.8) is 0 Å². The molecule has 1 saturated heterocycles. The van der Waals surface area contributed by atoms with Crippen molar-refractivity contribution in [2.45, 2.75) is 17.9 Å². The highest BCUT2D eigenvalue weighted by Gasteiger charge is 2.29. The lowest BCUT2D eigenvalue weighted by molar-refractivity contribution is -0.132. The Labute approximate surface area is 179 Å². The number of benzene rings is 2. The molecule has 1 N–H and O–H groups in total. The van der Waals surface area contributed by atoms with Crippen LogP contribution in [0.1, 0.15) is 6.92 Å². The third-order valence-corrected chi connectivity index (χ3v) is 6.93. The number of sulfonamides is 1. The molecule has 1 aliphatic heterocycles. The number of hydrogen-bond acceptors (Lipinski definition) is 4. The molecule has 10 heteroatoms. The maximum Gasteiger partial charge on any atom is 0.242 e. The van der Waals surface area contributed by atoms with Gasteiger partial charge in [0.2, 0.25) is 15.9 Å². The van der Waals surface area contributed by atoms with Crippen LogP contribution in [0, 0.1) is 5.82 Å².